The normalized spacial score (nSPS) is 12.7. The number of rotatable bonds is 1. The molecule has 0 atom stereocenters. The minimum atomic E-state index is 1.09. The highest BCUT2D eigenvalue weighted by molar-refractivity contribution is 5.95. The van der Waals surface area contributed by atoms with Crippen molar-refractivity contribution in [2.24, 2.45) is 0 Å². The number of nitrogens with one attached hydrogen (secondary N) is 4. The summed E-state index contributed by atoms with van der Waals surface area (Å²) >= 11 is 0. The van der Waals surface area contributed by atoms with Crippen molar-refractivity contribution >= 4 is 45.5 Å². The molecule has 2 aliphatic heterocycles. The van der Waals surface area contributed by atoms with E-state index in [9.17, 15) is 0 Å². The van der Waals surface area contributed by atoms with Gasteiger partial charge in [0, 0.05) is 0 Å². The molecule has 4 heteroatoms. The molecular formula is C27H24N4. The zero-order valence-electron chi connectivity index (χ0n) is 17.9. The Kier molecular flexibility index (Phi) is 3.78. The highest BCUT2D eigenvalue weighted by atomic mass is 15.0. The summed E-state index contributed by atoms with van der Waals surface area (Å²) in [5, 5.41) is 14.3. The average Bonchev–Trinajstić information content (AvgIpc) is 2.76. The van der Waals surface area contributed by atoms with Crippen LogP contribution in [0, 0.1) is 20.8 Å². The molecular weight excluding hydrogens is 380 g/mol. The Morgan fingerprint density at radius 2 is 0.774 bits per heavy atom. The zero-order valence-corrected chi connectivity index (χ0v) is 17.9. The van der Waals surface area contributed by atoms with Crippen molar-refractivity contribution in [3.05, 3.63) is 83.4 Å². The van der Waals surface area contributed by atoms with Gasteiger partial charge < -0.3 is 21.3 Å². The maximum Gasteiger partial charge on any atom is 0.0630 e. The van der Waals surface area contributed by atoms with Gasteiger partial charge in [-0.15, -0.1) is 0 Å². The lowest BCUT2D eigenvalue weighted by atomic mass is 10.00. The maximum atomic E-state index is 3.61. The van der Waals surface area contributed by atoms with Gasteiger partial charge in [0.05, 0.1) is 45.5 Å². The third kappa shape index (κ3) is 2.99. The first kappa shape index (κ1) is 17.9. The quantitative estimate of drug-likeness (QED) is 0.225. The van der Waals surface area contributed by atoms with E-state index in [2.05, 4.69) is 109 Å². The molecule has 0 unspecified atom stereocenters. The van der Waals surface area contributed by atoms with E-state index in [0.29, 0.717) is 0 Å². The van der Waals surface area contributed by atoms with Gasteiger partial charge in [0.1, 0.15) is 0 Å². The van der Waals surface area contributed by atoms with E-state index < -0.39 is 0 Å². The fourth-order valence-corrected chi connectivity index (χ4v) is 4.35. The molecule has 31 heavy (non-hydrogen) atoms. The maximum absolute atomic E-state index is 3.61. The Labute approximate surface area is 182 Å². The average molecular weight is 405 g/mol. The summed E-state index contributed by atoms with van der Waals surface area (Å²) in [6.45, 7) is 6.41. The summed E-state index contributed by atoms with van der Waals surface area (Å²) in [5.74, 6) is 0. The van der Waals surface area contributed by atoms with Crippen molar-refractivity contribution in [2.75, 3.05) is 21.3 Å². The van der Waals surface area contributed by atoms with Gasteiger partial charge in [-0.05, 0) is 97.1 Å². The number of hydrogen-bond acceptors (Lipinski definition) is 4. The summed E-state index contributed by atoms with van der Waals surface area (Å²) in [7, 11) is 0. The van der Waals surface area contributed by atoms with Gasteiger partial charge in [-0.25, -0.2) is 0 Å². The number of benzene rings is 4. The molecule has 0 aliphatic carbocycles. The van der Waals surface area contributed by atoms with Gasteiger partial charge in [-0.1, -0.05) is 18.2 Å². The molecule has 0 saturated heterocycles. The molecule has 4 aromatic carbocycles. The second kappa shape index (κ2) is 6.54. The first-order chi connectivity index (χ1) is 15.0. The summed E-state index contributed by atoms with van der Waals surface area (Å²) in [5.41, 5.74) is 15.0. The summed E-state index contributed by atoms with van der Waals surface area (Å²) < 4.78 is 0. The highest BCUT2D eigenvalue weighted by Gasteiger charge is 2.18. The van der Waals surface area contributed by atoms with Crippen molar-refractivity contribution in [1.29, 1.82) is 0 Å². The minimum absolute atomic E-state index is 1.09. The fraction of sp³-hybridized carbons (Fsp3) is 0.111. The zero-order chi connectivity index (χ0) is 21.1. The van der Waals surface area contributed by atoms with Crippen LogP contribution < -0.4 is 21.3 Å². The highest BCUT2D eigenvalue weighted by Crippen LogP contribution is 2.43. The van der Waals surface area contributed by atoms with Gasteiger partial charge >= 0.3 is 0 Å². The van der Waals surface area contributed by atoms with Crippen LogP contribution in [-0.4, -0.2) is 0 Å². The second-order valence-corrected chi connectivity index (χ2v) is 8.55. The number of anilines is 8. The predicted octanol–water partition coefficient (Wildman–Crippen LogP) is 7.88. The van der Waals surface area contributed by atoms with E-state index >= 15 is 0 Å². The van der Waals surface area contributed by atoms with Crippen LogP contribution in [0.25, 0.3) is 11.1 Å². The molecule has 6 rings (SSSR count). The number of fused-ring (bicyclic) bond motifs is 4. The predicted molar refractivity (Wildman–Crippen MR) is 132 cm³/mol. The molecule has 0 fully saturated rings. The number of hydrogen-bond donors (Lipinski definition) is 4. The Morgan fingerprint density at radius 3 is 1.32 bits per heavy atom. The first-order valence-electron chi connectivity index (χ1n) is 10.6. The Bertz CT molecular complexity index is 1370. The summed E-state index contributed by atoms with van der Waals surface area (Å²) in [4.78, 5) is 0. The van der Waals surface area contributed by atoms with Crippen LogP contribution in [0.3, 0.4) is 0 Å². The third-order valence-corrected chi connectivity index (χ3v) is 6.26. The van der Waals surface area contributed by atoms with Crippen molar-refractivity contribution < 1.29 is 0 Å². The second-order valence-electron chi connectivity index (χ2n) is 8.55. The van der Waals surface area contributed by atoms with Crippen LogP contribution in [0.4, 0.5) is 45.5 Å². The topological polar surface area (TPSA) is 48.1 Å². The van der Waals surface area contributed by atoms with Crippen LogP contribution in [0.5, 0.6) is 0 Å². The molecule has 152 valence electrons. The van der Waals surface area contributed by atoms with Gasteiger partial charge in [0.25, 0.3) is 0 Å². The molecule has 0 amide bonds. The molecule has 2 aliphatic rings. The van der Waals surface area contributed by atoms with E-state index in [1.165, 1.54) is 27.8 Å². The molecule has 0 aromatic heterocycles. The van der Waals surface area contributed by atoms with Gasteiger partial charge in [0.15, 0.2) is 0 Å². The van der Waals surface area contributed by atoms with Crippen molar-refractivity contribution in [2.45, 2.75) is 20.8 Å². The Morgan fingerprint density at radius 1 is 0.387 bits per heavy atom. The van der Waals surface area contributed by atoms with Gasteiger partial charge in [0.2, 0.25) is 0 Å². The molecule has 0 saturated carbocycles. The van der Waals surface area contributed by atoms with Crippen LogP contribution >= 0.6 is 0 Å². The largest absolute Gasteiger partial charge is 0.352 e. The minimum Gasteiger partial charge on any atom is -0.352 e. The van der Waals surface area contributed by atoms with E-state index in [-0.39, 0.29) is 0 Å². The van der Waals surface area contributed by atoms with Crippen LogP contribution in [0.2, 0.25) is 0 Å². The van der Waals surface area contributed by atoms with E-state index in [1.54, 1.807) is 0 Å². The molecule has 4 N–H and O–H groups in total. The standard InChI is InChI=1S/C27H24N4/c1-15-4-7-20-23(10-15)30-26-13-18(5-8-21(26)28-20)19-6-9-22-27(14-19)31-25-12-17(3)16(2)11-24(25)29-22/h4-14,28-31H,1-3H3. The van der Waals surface area contributed by atoms with E-state index in [1.807, 2.05) is 0 Å². The molecule has 4 nitrogen and oxygen atoms in total. The molecule has 0 bridgehead atoms. The van der Waals surface area contributed by atoms with E-state index in [4.69, 9.17) is 0 Å². The van der Waals surface area contributed by atoms with Crippen LogP contribution in [0.15, 0.2) is 66.7 Å². The smallest absolute Gasteiger partial charge is 0.0630 e. The Hall–Kier alpha value is -3.92. The fourth-order valence-electron chi connectivity index (χ4n) is 4.35. The van der Waals surface area contributed by atoms with Crippen molar-refractivity contribution in [3.63, 3.8) is 0 Å². The number of aryl methyl sites for hydroxylation is 3. The molecule has 4 aromatic rings. The van der Waals surface area contributed by atoms with Crippen molar-refractivity contribution in [3.8, 4) is 11.1 Å². The Balaban J connectivity index is 1.34. The monoisotopic (exact) mass is 404 g/mol. The first-order valence-corrected chi connectivity index (χ1v) is 10.6. The third-order valence-electron chi connectivity index (χ3n) is 6.26. The SMILES string of the molecule is Cc1ccc2c(c1)Nc1cc(-c3ccc4c(c3)Nc3cc(C)c(C)cc3N4)ccc1N2. The van der Waals surface area contributed by atoms with Crippen molar-refractivity contribution in [1.82, 2.24) is 0 Å². The molecule has 2 heterocycles. The van der Waals surface area contributed by atoms with Gasteiger partial charge in [-0.3, -0.25) is 0 Å². The summed E-state index contributed by atoms with van der Waals surface area (Å²) in [6.07, 6.45) is 0. The lowest BCUT2D eigenvalue weighted by molar-refractivity contribution is 1.32. The summed E-state index contributed by atoms with van der Waals surface area (Å²) in [6, 6.07) is 23.9. The van der Waals surface area contributed by atoms with Crippen LogP contribution in [0.1, 0.15) is 16.7 Å². The molecule has 0 spiro atoms. The van der Waals surface area contributed by atoms with Crippen LogP contribution in [-0.2, 0) is 0 Å². The molecule has 0 radical (unpaired) electrons. The lowest BCUT2D eigenvalue weighted by Gasteiger charge is -2.26. The van der Waals surface area contributed by atoms with Gasteiger partial charge in [-0.2, -0.15) is 0 Å². The lowest BCUT2D eigenvalue weighted by Crippen LogP contribution is -2.07. The van der Waals surface area contributed by atoms with E-state index in [0.717, 1.165) is 45.5 Å².